The van der Waals surface area contributed by atoms with Crippen molar-refractivity contribution in [3.05, 3.63) is 46.4 Å². The molecule has 1 fully saturated rings. The number of halogens is 5. The van der Waals surface area contributed by atoms with Crippen molar-refractivity contribution < 1.29 is 31.4 Å². The van der Waals surface area contributed by atoms with Crippen molar-refractivity contribution in [2.24, 2.45) is 0 Å². The number of hydrogen-bond acceptors (Lipinski definition) is 4. The van der Waals surface area contributed by atoms with Crippen LogP contribution in [0.5, 0.6) is 5.75 Å². The first-order valence-corrected chi connectivity index (χ1v) is 11.2. The molecule has 3 rings (SSSR count). The monoisotopic (exact) mass is 483 g/mol. The van der Waals surface area contributed by atoms with Gasteiger partial charge in [0.1, 0.15) is 10.6 Å². The number of aliphatic hydroxyl groups is 1. The lowest BCUT2D eigenvalue weighted by molar-refractivity contribution is -0.275. The minimum absolute atomic E-state index is 0.190. The van der Waals surface area contributed by atoms with E-state index >= 15 is 0 Å². The van der Waals surface area contributed by atoms with Crippen LogP contribution in [0, 0.1) is 0 Å². The highest BCUT2D eigenvalue weighted by Crippen LogP contribution is 2.37. The van der Waals surface area contributed by atoms with Gasteiger partial charge in [-0.2, -0.15) is 0 Å². The molecule has 0 amide bonds. The third-order valence-electron chi connectivity index (χ3n) is 4.72. The predicted octanol–water partition coefficient (Wildman–Crippen LogP) is 5.14. The second-order valence-corrected chi connectivity index (χ2v) is 9.49. The molecule has 0 aliphatic heterocycles. The highest BCUT2D eigenvalue weighted by Gasteiger charge is 2.35. The Morgan fingerprint density at radius 3 is 2.30 bits per heavy atom. The van der Waals surface area contributed by atoms with Gasteiger partial charge < -0.3 is 9.84 Å². The maximum absolute atomic E-state index is 13.0. The maximum atomic E-state index is 13.0. The smallest absolute Gasteiger partial charge is 0.404 e. The number of rotatable bonds is 5. The zero-order valence-electron chi connectivity index (χ0n) is 15.4. The Morgan fingerprint density at radius 2 is 1.70 bits per heavy atom. The SMILES string of the molecule is O=S(=O)(NC1CCC(O)CC1)c1ccc(-c2ccc(Cl)cc2Cl)cc1OC(F)(F)F. The number of ether oxygens (including phenoxy) is 1. The quantitative estimate of drug-likeness (QED) is 0.617. The van der Waals surface area contributed by atoms with E-state index in [1.165, 1.54) is 24.3 Å². The second-order valence-electron chi connectivity index (χ2n) is 6.96. The van der Waals surface area contributed by atoms with Crippen LogP contribution in [0.1, 0.15) is 25.7 Å². The van der Waals surface area contributed by atoms with Crippen LogP contribution >= 0.6 is 23.2 Å². The van der Waals surface area contributed by atoms with Gasteiger partial charge in [0.2, 0.25) is 10.0 Å². The summed E-state index contributed by atoms with van der Waals surface area (Å²) in [5.41, 5.74) is 0.599. The molecule has 0 spiro atoms. The molecule has 5 nitrogen and oxygen atoms in total. The van der Waals surface area contributed by atoms with Crippen LogP contribution in [0.2, 0.25) is 10.0 Å². The Labute approximate surface area is 181 Å². The van der Waals surface area contributed by atoms with Crippen molar-refractivity contribution in [3.8, 4) is 16.9 Å². The molecule has 0 saturated heterocycles. The van der Waals surface area contributed by atoms with Gasteiger partial charge in [-0.1, -0.05) is 35.3 Å². The molecule has 2 N–H and O–H groups in total. The Balaban J connectivity index is 1.98. The van der Waals surface area contributed by atoms with Gasteiger partial charge in [0, 0.05) is 21.7 Å². The van der Waals surface area contributed by atoms with Crippen LogP contribution in [0.25, 0.3) is 11.1 Å². The summed E-state index contributed by atoms with van der Waals surface area (Å²) >= 11 is 12.0. The summed E-state index contributed by atoms with van der Waals surface area (Å²) in [6, 6.07) is 7.32. The van der Waals surface area contributed by atoms with Crippen molar-refractivity contribution in [2.45, 2.75) is 49.1 Å². The largest absolute Gasteiger partial charge is 0.573 e. The summed E-state index contributed by atoms with van der Waals surface area (Å²) in [4.78, 5) is -0.639. The number of benzene rings is 2. The van der Waals surface area contributed by atoms with E-state index in [1.54, 1.807) is 0 Å². The van der Waals surface area contributed by atoms with Gasteiger partial charge in [0.05, 0.1) is 6.10 Å². The van der Waals surface area contributed by atoms with Gasteiger partial charge in [0.25, 0.3) is 0 Å². The van der Waals surface area contributed by atoms with Crippen molar-refractivity contribution in [1.29, 1.82) is 0 Å². The van der Waals surface area contributed by atoms with Crippen LogP contribution in [0.4, 0.5) is 13.2 Å². The molecule has 0 bridgehead atoms. The molecular weight excluding hydrogens is 466 g/mol. The molecule has 1 aliphatic carbocycles. The lowest BCUT2D eigenvalue weighted by Crippen LogP contribution is -2.38. The molecule has 11 heteroatoms. The van der Waals surface area contributed by atoms with E-state index in [0.29, 0.717) is 36.3 Å². The summed E-state index contributed by atoms with van der Waals surface area (Å²) < 4.78 is 70.9. The topological polar surface area (TPSA) is 75.6 Å². The average Bonchev–Trinajstić information content (AvgIpc) is 2.62. The van der Waals surface area contributed by atoms with Crippen molar-refractivity contribution in [2.75, 3.05) is 0 Å². The van der Waals surface area contributed by atoms with E-state index < -0.39 is 39.2 Å². The molecule has 2 aromatic rings. The molecule has 164 valence electrons. The van der Waals surface area contributed by atoms with Gasteiger partial charge in [0.15, 0.2) is 0 Å². The number of sulfonamides is 1. The zero-order valence-corrected chi connectivity index (χ0v) is 17.7. The lowest BCUT2D eigenvalue weighted by Gasteiger charge is -2.26. The number of aliphatic hydroxyl groups excluding tert-OH is 1. The first kappa shape index (κ1) is 23.1. The van der Waals surface area contributed by atoms with E-state index in [1.807, 2.05) is 0 Å². The maximum Gasteiger partial charge on any atom is 0.573 e. The fraction of sp³-hybridized carbons (Fsp3) is 0.368. The first-order valence-electron chi connectivity index (χ1n) is 9.00. The number of hydrogen-bond donors (Lipinski definition) is 2. The fourth-order valence-electron chi connectivity index (χ4n) is 3.30. The van der Waals surface area contributed by atoms with Crippen LogP contribution < -0.4 is 9.46 Å². The molecule has 2 aromatic carbocycles. The van der Waals surface area contributed by atoms with Gasteiger partial charge in [-0.05, 0) is 55.5 Å². The van der Waals surface area contributed by atoms with Crippen molar-refractivity contribution >= 4 is 33.2 Å². The Morgan fingerprint density at radius 1 is 1.03 bits per heavy atom. The summed E-state index contributed by atoms with van der Waals surface area (Å²) in [6.07, 6.45) is -4.01. The van der Waals surface area contributed by atoms with Gasteiger partial charge in [-0.15, -0.1) is 13.2 Å². The molecule has 30 heavy (non-hydrogen) atoms. The molecule has 0 radical (unpaired) electrons. The van der Waals surface area contributed by atoms with E-state index in [4.69, 9.17) is 23.2 Å². The summed E-state index contributed by atoms with van der Waals surface area (Å²) in [5.74, 6) is -0.866. The Hall–Kier alpha value is -1.52. The number of alkyl halides is 3. The first-order chi connectivity index (χ1) is 13.9. The molecule has 1 aliphatic rings. The Bertz CT molecular complexity index is 1020. The van der Waals surface area contributed by atoms with Crippen LogP contribution in [-0.2, 0) is 10.0 Å². The average molecular weight is 484 g/mol. The molecule has 0 aromatic heterocycles. The van der Waals surface area contributed by atoms with Crippen molar-refractivity contribution in [1.82, 2.24) is 4.72 Å². The summed E-state index contributed by atoms with van der Waals surface area (Å²) in [7, 11) is -4.31. The van der Waals surface area contributed by atoms with E-state index in [-0.39, 0.29) is 10.6 Å². The van der Waals surface area contributed by atoms with Gasteiger partial charge in [-0.3, -0.25) is 0 Å². The zero-order chi connectivity index (χ0) is 22.1. The predicted molar refractivity (Wildman–Crippen MR) is 107 cm³/mol. The van der Waals surface area contributed by atoms with Crippen molar-refractivity contribution in [3.63, 3.8) is 0 Å². The van der Waals surface area contributed by atoms with Gasteiger partial charge >= 0.3 is 6.36 Å². The molecular formula is C19H18Cl2F3NO4S. The van der Waals surface area contributed by atoms with E-state index in [9.17, 15) is 26.7 Å². The fourth-order valence-corrected chi connectivity index (χ4v) is 5.23. The van der Waals surface area contributed by atoms with Gasteiger partial charge in [-0.25, -0.2) is 13.1 Å². The normalized spacial score (nSPS) is 20.2. The van der Waals surface area contributed by atoms with Crippen LogP contribution in [-0.4, -0.2) is 32.0 Å². The van der Waals surface area contributed by atoms with Crippen LogP contribution in [0.15, 0.2) is 41.3 Å². The lowest BCUT2D eigenvalue weighted by atomic mass is 9.94. The van der Waals surface area contributed by atoms with Crippen LogP contribution in [0.3, 0.4) is 0 Å². The third kappa shape index (κ3) is 5.79. The highest BCUT2D eigenvalue weighted by atomic mass is 35.5. The minimum atomic E-state index is -5.10. The molecule has 1 saturated carbocycles. The number of nitrogens with one attached hydrogen (secondary N) is 1. The standard InChI is InChI=1S/C19H18Cl2F3NO4S/c20-12-2-7-15(16(21)10-12)11-1-8-18(17(9-11)29-19(22,23)24)30(27,28)25-13-3-5-14(26)6-4-13/h1-2,7-10,13-14,25-26H,3-6H2. The summed E-state index contributed by atoms with van der Waals surface area (Å²) in [6.45, 7) is 0. The molecule has 0 atom stereocenters. The van der Waals surface area contributed by atoms with E-state index in [2.05, 4.69) is 9.46 Å². The van der Waals surface area contributed by atoms with E-state index in [0.717, 1.165) is 12.1 Å². The molecule has 0 heterocycles. The summed E-state index contributed by atoms with van der Waals surface area (Å²) in [5, 5.41) is 10.1. The second kappa shape index (κ2) is 8.92. The highest BCUT2D eigenvalue weighted by molar-refractivity contribution is 7.89. The molecule has 0 unspecified atom stereocenters. The minimum Gasteiger partial charge on any atom is -0.404 e. The third-order valence-corrected chi connectivity index (χ3v) is 6.83. The Kier molecular flexibility index (Phi) is 6.88.